The molecule has 3 nitrogen and oxygen atoms in total. The Balaban J connectivity index is 2.96. The second-order valence-corrected chi connectivity index (χ2v) is 6.52. The molecular weight excluding hydrogens is 246 g/mol. The van der Waals surface area contributed by atoms with Crippen molar-refractivity contribution in [3.05, 3.63) is 22.9 Å². The molecule has 0 saturated carbocycles. The highest BCUT2D eigenvalue weighted by Crippen LogP contribution is 2.22. The summed E-state index contributed by atoms with van der Waals surface area (Å²) >= 11 is 0. The predicted octanol–water partition coefficient (Wildman–Crippen LogP) is 3.68. The van der Waals surface area contributed by atoms with Gasteiger partial charge >= 0.3 is 0 Å². The number of aromatic nitrogens is 1. The molecular formula is C17H31N3. The molecule has 0 fully saturated rings. The van der Waals surface area contributed by atoms with Gasteiger partial charge in [0.15, 0.2) is 0 Å². The Hall–Kier alpha value is -1.09. The Kier molecular flexibility index (Phi) is 6.47. The summed E-state index contributed by atoms with van der Waals surface area (Å²) in [7, 11) is 2.16. The third kappa shape index (κ3) is 5.12. The van der Waals surface area contributed by atoms with Gasteiger partial charge in [0.25, 0.3) is 0 Å². The lowest BCUT2D eigenvalue weighted by atomic mass is 10.1. The van der Waals surface area contributed by atoms with Crippen molar-refractivity contribution >= 4 is 5.82 Å². The van der Waals surface area contributed by atoms with Crippen LogP contribution in [0.5, 0.6) is 0 Å². The van der Waals surface area contributed by atoms with Gasteiger partial charge in [-0.1, -0.05) is 27.7 Å². The minimum absolute atomic E-state index is 0.490. The minimum atomic E-state index is 0.490. The van der Waals surface area contributed by atoms with E-state index in [0.717, 1.165) is 30.5 Å². The lowest BCUT2D eigenvalue weighted by Crippen LogP contribution is -2.27. The summed E-state index contributed by atoms with van der Waals surface area (Å²) in [5.74, 6) is 1.86. The van der Waals surface area contributed by atoms with Crippen molar-refractivity contribution in [1.29, 1.82) is 0 Å². The first-order valence-electron chi connectivity index (χ1n) is 7.73. The van der Waals surface area contributed by atoms with E-state index in [1.165, 1.54) is 17.5 Å². The summed E-state index contributed by atoms with van der Waals surface area (Å²) in [6.45, 7) is 15.1. The third-order valence-electron chi connectivity index (χ3n) is 3.54. The SMILES string of the molecule is Cc1cc(C)c(CNC(C)C)c(N(C)CCC(C)C)n1. The monoisotopic (exact) mass is 277 g/mol. The number of hydrogen-bond donors (Lipinski definition) is 1. The predicted molar refractivity (Wildman–Crippen MR) is 88.4 cm³/mol. The molecule has 0 radical (unpaired) electrons. The van der Waals surface area contributed by atoms with E-state index < -0.39 is 0 Å². The van der Waals surface area contributed by atoms with Crippen LogP contribution in [-0.4, -0.2) is 24.6 Å². The van der Waals surface area contributed by atoms with Crippen LogP contribution >= 0.6 is 0 Å². The first-order chi connectivity index (χ1) is 9.31. The number of pyridine rings is 1. The highest BCUT2D eigenvalue weighted by molar-refractivity contribution is 5.51. The fraction of sp³-hybridized carbons (Fsp3) is 0.706. The average Bonchev–Trinajstić information content (AvgIpc) is 2.33. The number of rotatable bonds is 7. The maximum absolute atomic E-state index is 4.78. The van der Waals surface area contributed by atoms with Crippen LogP contribution < -0.4 is 10.2 Å². The van der Waals surface area contributed by atoms with Crippen molar-refractivity contribution in [2.45, 2.75) is 60.5 Å². The summed E-state index contributed by atoms with van der Waals surface area (Å²) in [6.07, 6.45) is 1.20. The Morgan fingerprint density at radius 2 is 1.85 bits per heavy atom. The zero-order valence-corrected chi connectivity index (χ0v) is 14.2. The van der Waals surface area contributed by atoms with Gasteiger partial charge < -0.3 is 10.2 Å². The molecule has 0 amide bonds. The van der Waals surface area contributed by atoms with E-state index in [1.807, 2.05) is 0 Å². The van der Waals surface area contributed by atoms with Crippen LogP contribution in [-0.2, 0) is 6.54 Å². The van der Waals surface area contributed by atoms with E-state index in [-0.39, 0.29) is 0 Å². The van der Waals surface area contributed by atoms with E-state index in [0.29, 0.717) is 6.04 Å². The van der Waals surface area contributed by atoms with Gasteiger partial charge in [-0.2, -0.15) is 0 Å². The molecule has 1 aromatic heterocycles. The van der Waals surface area contributed by atoms with Gasteiger partial charge in [0.05, 0.1) is 0 Å². The molecule has 0 spiro atoms. The summed E-state index contributed by atoms with van der Waals surface area (Å²) in [6, 6.07) is 2.67. The summed E-state index contributed by atoms with van der Waals surface area (Å²) in [5.41, 5.74) is 3.76. The molecule has 0 aliphatic heterocycles. The van der Waals surface area contributed by atoms with Gasteiger partial charge in [-0.3, -0.25) is 0 Å². The molecule has 114 valence electrons. The number of aryl methyl sites for hydroxylation is 2. The third-order valence-corrected chi connectivity index (χ3v) is 3.54. The molecule has 0 aliphatic carbocycles. The van der Waals surface area contributed by atoms with Crippen LogP contribution in [0.4, 0.5) is 5.82 Å². The molecule has 0 saturated heterocycles. The largest absolute Gasteiger partial charge is 0.359 e. The zero-order chi connectivity index (χ0) is 15.3. The molecule has 0 bridgehead atoms. The van der Waals surface area contributed by atoms with Gasteiger partial charge in [0.2, 0.25) is 0 Å². The Morgan fingerprint density at radius 3 is 2.40 bits per heavy atom. The average molecular weight is 277 g/mol. The van der Waals surface area contributed by atoms with Gasteiger partial charge in [-0.05, 0) is 37.8 Å². The van der Waals surface area contributed by atoms with Gasteiger partial charge in [-0.15, -0.1) is 0 Å². The van der Waals surface area contributed by atoms with Crippen LogP contribution in [0, 0.1) is 19.8 Å². The Labute approximate surface area is 124 Å². The molecule has 3 heteroatoms. The molecule has 1 aromatic rings. The molecule has 1 N–H and O–H groups in total. The zero-order valence-electron chi connectivity index (χ0n) is 14.2. The number of hydrogen-bond acceptors (Lipinski definition) is 3. The van der Waals surface area contributed by atoms with Crippen LogP contribution in [0.15, 0.2) is 6.07 Å². The number of nitrogens with one attached hydrogen (secondary N) is 1. The first kappa shape index (κ1) is 17.0. The summed E-state index contributed by atoms with van der Waals surface area (Å²) < 4.78 is 0. The topological polar surface area (TPSA) is 28.2 Å². The van der Waals surface area contributed by atoms with Crippen molar-refractivity contribution in [2.24, 2.45) is 5.92 Å². The Bertz CT molecular complexity index is 424. The highest BCUT2D eigenvalue weighted by atomic mass is 15.2. The maximum atomic E-state index is 4.78. The molecule has 0 unspecified atom stereocenters. The Morgan fingerprint density at radius 1 is 1.20 bits per heavy atom. The van der Waals surface area contributed by atoms with Crippen molar-refractivity contribution in [3.63, 3.8) is 0 Å². The first-order valence-corrected chi connectivity index (χ1v) is 7.73. The van der Waals surface area contributed by atoms with E-state index in [9.17, 15) is 0 Å². The number of nitrogens with zero attached hydrogens (tertiary/aromatic N) is 2. The molecule has 0 aromatic carbocycles. The second-order valence-electron chi connectivity index (χ2n) is 6.52. The molecule has 0 atom stereocenters. The molecule has 1 heterocycles. The highest BCUT2D eigenvalue weighted by Gasteiger charge is 2.13. The normalized spacial score (nSPS) is 11.4. The second kappa shape index (κ2) is 7.63. The van der Waals surface area contributed by atoms with Crippen LogP contribution in [0.25, 0.3) is 0 Å². The van der Waals surface area contributed by atoms with Gasteiger partial charge in [0, 0.05) is 37.4 Å². The summed E-state index contributed by atoms with van der Waals surface area (Å²) in [4.78, 5) is 7.08. The van der Waals surface area contributed by atoms with E-state index in [2.05, 4.69) is 64.9 Å². The minimum Gasteiger partial charge on any atom is -0.359 e. The quantitative estimate of drug-likeness (QED) is 0.824. The van der Waals surface area contributed by atoms with Crippen LogP contribution in [0.1, 0.15) is 50.9 Å². The van der Waals surface area contributed by atoms with Crippen LogP contribution in [0.3, 0.4) is 0 Å². The van der Waals surface area contributed by atoms with E-state index in [1.54, 1.807) is 0 Å². The van der Waals surface area contributed by atoms with Crippen molar-refractivity contribution in [2.75, 3.05) is 18.5 Å². The van der Waals surface area contributed by atoms with Crippen LogP contribution in [0.2, 0.25) is 0 Å². The maximum Gasteiger partial charge on any atom is 0.133 e. The smallest absolute Gasteiger partial charge is 0.133 e. The van der Waals surface area contributed by atoms with E-state index >= 15 is 0 Å². The van der Waals surface area contributed by atoms with Gasteiger partial charge in [-0.25, -0.2) is 4.98 Å². The van der Waals surface area contributed by atoms with Crippen molar-refractivity contribution in [3.8, 4) is 0 Å². The molecule has 1 rings (SSSR count). The van der Waals surface area contributed by atoms with Crippen molar-refractivity contribution in [1.82, 2.24) is 10.3 Å². The van der Waals surface area contributed by atoms with Gasteiger partial charge in [0.1, 0.15) is 5.82 Å². The fourth-order valence-electron chi connectivity index (χ4n) is 2.24. The lowest BCUT2D eigenvalue weighted by Gasteiger charge is -2.24. The number of anilines is 1. The fourth-order valence-corrected chi connectivity index (χ4v) is 2.24. The standard InChI is InChI=1S/C17H31N3/c1-12(2)8-9-20(7)17-16(11-18-13(3)4)14(5)10-15(6)19-17/h10,12-13,18H,8-9,11H2,1-7H3. The van der Waals surface area contributed by atoms with E-state index in [4.69, 9.17) is 4.98 Å². The lowest BCUT2D eigenvalue weighted by molar-refractivity contribution is 0.573. The molecule has 20 heavy (non-hydrogen) atoms. The molecule has 0 aliphatic rings. The van der Waals surface area contributed by atoms with Crippen molar-refractivity contribution < 1.29 is 0 Å². The summed E-state index contributed by atoms with van der Waals surface area (Å²) in [5, 5.41) is 3.52.